The van der Waals surface area contributed by atoms with Gasteiger partial charge in [-0.2, -0.15) is 4.68 Å². The molecular formula is C13H15N3O3S. The first-order valence-corrected chi connectivity index (χ1v) is 7.42. The minimum absolute atomic E-state index is 0.243. The van der Waals surface area contributed by atoms with Crippen molar-refractivity contribution < 1.29 is 9.53 Å². The number of aromatic nitrogens is 3. The van der Waals surface area contributed by atoms with Crippen LogP contribution < -0.4 is 5.56 Å². The number of hydrogen-bond acceptors (Lipinski definition) is 6. The van der Waals surface area contributed by atoms with Crippen LogP contribution in [0.15, 0.2) is 4.79 Å². The minimum Gasteiger partial charge on any atom is -0.467 e. The van der Waals surface area contributed by atoms with Crippen molar-refractivity contribution in [3.05, 3.63) is 20.8 Å². The van der Waals surface area contributed by atoms with Crippen molar-refractivity contribution in [3.8, 4) is 0 Å². The van der Waals surface area contributed by atoms with Gasteiger partial charge in [-0.25, -0.2) is 4.79 Å². The van der Waals surface area contributed by atoms with Crippen LogP contribution in [0.4, 0.5) is 0 Å². The van der Waals surface area contributed by atoms with E-state index in [1.165, 1.54) is 12.0 Å². The van der Waals surface area contributed by atoms with Crippen molar-refractivity contribution in [2.45, 2.75) is 38.6 Å². The number of ether oxygens (including phenoxy) is 1. The molecule has 0 aromatic carbocycles. The molecule has 0 N–H and O–H groups in total. The van der Waals surface area contributed by atoms with Crippen molar-refractivity contribution >= 4 is 27.5 Å². The van der Waals surface area contributed by atoms with E-state index in [2.05, 4.69) is 15.0 Å². The van der Waals surface area contributed by atoms with E-state index in [1.807, 2.05) is 0 Å². The average Bonchev–Trinajstić information content (AvgIpc) is 2.85. The molecule has 0 amide bonds. The van der Waals surface area contributed by atoms with Crippen molar-refractivity contribution in [1.29, 1.82) is 0 Å². The average molecular weight is 293 g/mol. The van der Waals surface area contributed by atoms with E-state index < -0.39 is 12.0 Å². The Morgan fingerprint density at radius 3 is 2.90 bits per heavy atom. The van der Waals surface area contributed by atoms with Gasteiger partial charge in [0.25, 0.3) is 5.56 Å². The lowest BCUT2D eigenvalue weighted by atomic mass is 9.97. The molecule has 0 spiro atoms. The Balaban J connectivity index is 2.20. The molecule has 106 valence electrons. The first-order valence-electron chi connectivity index (χ1n) is 6.61. The normalized spacial score (nSPS) is 15.9. The van der Waals surface area contributed by atoms with Crippen molar-refractivity contribution in [3.63, 3.8) is 0 Å². The van der Waals surface area contributed by atoms with E-state index in [9.17, 15) is 9.59 Å². The summed E-state index contributed by atoms with van der Waals surface area (Å²) in [6, 6.07) is -0.761. The van der Waals surface area contributed by atoms with Gasteiger partial charge in [0.15, 0.2) is 10.9 Å². The van der Waals surface area contributed by atoms with E-state index >= 15 is 0 Å². The van der Waals surface area contributed by atoms with Crippen LogP contribution in [0.5, 0.6) is 0 Å². The monoisotopic (exact) mass is 293 g/mol. The molecule has 2 aromatic rings. The number of methoxy groups -OCH3 is 1. The van der Waals surface area contributed by atoms with E-state index in [1.54, 1.807) is 18.3 Å². The van der Waals surface area contributed by atoms with E-state index in [0.29, 0.717) is 10.2 Å². The van der Waals surface area contributed by atoms with Crippen LogP contribution >= 0.6 is 11.3 Å². The lowest BCUT2D eigenvalue weighted by Crippen LogP contribution is -2.32. The molecule has 1 aliphatic carbocycles. The second-order valence-corrected chi connectivity index (χ2v) is 6.01. The number of carbonyl (C=O) groups excluding carboxylic acids is 1. The molecule has 6 nitrogen and oxygen atoms in total. The van der Waals surface area contributed by atoms with E-state index in [0.717, 1.165) is 35.9 Å². The van der Waals surface area contributed by atoms with Crippen molar-refractivity contribution in [1.82, 2.24) is 15.0 Å². The third-order valence-corrected chi connectivity index (χ3v) is 4.89. The maximum Gasteiger partial charge on any atom is 0.330 e. The van der Waals surface area contributed by atoms with Gasteiger partial charge in [0.05, 0.1) is 12.5 Å². The van der Waals surface area contributed by atoms with Gasteiger partial charge >= 0.3 is 5.97 Å². The van der Waals surface area contributed by atoms with Crippen LogP contribution in [-0.4, -0.2) is 28.1 Å². The Morgan fingerprint density at radius 1 is 1.40 bits per heavy atom. The maximum absolute atomic E-state index is 12.6. The summed E-state index contributed by atoms with van der Waals surface area (Å²) in [5, 5.41) is 8.63. The van der Waals surface area contributed by atoms with Gasteiger partial charge in [-0.1, -0.05) is 5.21 Å². The largest absolute Gasteiger partial charge is 0.467 e. The van der Waals surface area contributed by atoms with Gasteiger partial charge in [-0.15, -0.1) is 16.4 Å². The van der Waals surface area contributed by atoms with Crippen molar-refractivity contribution in [2.24, 2.45) is 0 Å². The zero-order chi connectivity index (χ0) is 14.3. The Bertz CT molecular complexity index is 734. The lowest BCUT2D eigenvalue weighted by molar-refractivity contribution is -0.144. The summed E-state index contributed by atoms with van der Waals surface area (Å²) in [5.41, 5.74) is 0.856. The summed E-state index contributed by atoms with van der Waals surface area (Å²) < 4.78 is 5.78. The predicted octanol–water partition coefficient (Wildman–Crippen LogP) is 1.47. The lowest BCUT2D eigenvalue weighted by Gasteiger charge is -2.12. The number of rotatable bonds is 2. The zero-order valence-corrected chi connectivity index (χ0v) is 12.2. The molecule has 2 heterocycles. The Morgan fingerprint density at radius 2 is 2.15 bits per heavy atom. The molecule has 2 aromatic heterocycles. The number of hydrogen-bond donors (Lipinski definition) is 0. The molecule has 1 aliphatic rings. The summed E-state index contributed by atoms with van der Waals surface area (Å²) in [7, 11) is 1.29. The number of esters is 1. The minimum atomic E-state index is -0.761. The Kier molecular flexibility index (Phi) is 3.29. The van der Waals surface area contributed by atoms with Gasteiger partial charge in [-0.3, -0.25) is 4.79 Å². The quantitative estimate of drug-likeness (QED) is 0.784. The van der Waals surface area contributed by atoms with Gasteiger partial charge in [-0.05, 0) is 38.2 Å². The van der Waals surface area contributed by atoms with Gasteiger partial charge < -0.3 is 4.74 Å². The number of nitrogens with zero attached hydrogens (tertiary/aromatic N) is 3. The molecule has 0 fully saturated rings. The summed E-state index contributed by atoms with van der Waals surface area (Å²) >= 11 is 1.55. The first kappa shape index (κ1) is 13.2. The third-order valence-electron chi connectivity index (χ3n) is 3.72. The number of carbonyl (C=O) groups is 1. The van der Waals surface area contributed by atoms with Crippen molar-refractivity contribution in [2.75, 3.05) is 7.11 Å². The molecule has 3 rings (SSSR count). The number of aryl methyl sites for hydroxylation is 2. The summed E-state index contributed by atoms with van der Waals surface area (Å²) in [4.78, 5) is 26.1. The summed E-state index contributed by atoms with van der Waals surface area (Å²) in [6.07, 6.45) is 4.15. The molecule has 7 heteroatoms. The SMILES string of the molecule is COC(=O)C(C)n1nnc2sc3c(c2c1=O)CCCC3. The Labute approximate surface area is 119 Å². The molecule has 20 heavy (non-hydrogen) atoms. The van der Waals surface area contributed by atoms with Crippen LogP contribution in [0, 0.1) is 0 Å². The van der Waals surface area contributed by atoms with Gasteiger partial charge in [0, 0.05) is 4.88 Å². The Hall–Kier alpha value is -1.76. The topological polar surface area (TPSA) is 74.1 Å². The van der Waals surface area contributed by atoms with Gasteiger partial charge in [0.2, 0.25) is 0 Å². The van der Waals surface area contributed by atoms with Crippen LogP contribution in [0.2, 0.25) is 0 Å². The summed E-state index contributed by atoms with van der Waals surface area (Å²) in [5.74, 6) is -0.496. The van der Waals surface area contributed by atoms with Crippen LogP contribution in [0.25, 0.3) is 10.2 Å². The molecular weight excluding hydrogens is 278 g/mol. The van der Waals surface area contributed by atoms with Crippen LogP contribution in [0.1, 0.15) is 36.2 Å². The highest BCUT2D eigenvalue weighted by Crippen LogP contribution is 2.33. The second-order valence-electron chi connectivity index (χ2n) is 4.93. The molecule has 0 saturated carbocycles. The standard InChI is InChI=1S/C13H15N3O3S/c1-7(13(18)19-2)16-12(17)10-8-5-3-4-6-9(8)20-11(10)14-15-16/h7H,3-6H2,1-2H3. The van der Waals surface area contributed by atoms with Crippen LogP contribution in [-0.2, 0) is 22.4 Å². The zero-order valence-electron chi connectivity index (χ0n) is 11.4. The fourth-order valence-electron chi connectivity index (χ4n) is 2.61. The summed E-state index contributed by atoms with van der Waals surface area (Å²) in [6.45, 7) is 1.59. The number of thiophene rings is 1. The van der Waals surface area contributed by atoms with E-state index in [4.69, 9.17) is 0 Å². The highest BCUT2D eigenvalue weighted by molar-refractivity contribution is 7.18. The fraction of sp³-hybridized carbons (Fsp3) is 0.538. The molecule has 1 unspecified atom stereocenters. The molecule has 0 aliphatic heterocycles. The fourth-order valence-corrected chi connectivity index (χ4v) is 3.81. The highest BCUT2D eigenvalue weighted by Gasteiger charge is 2.24. The highest BCUT2D eigenvalue weighted by atomic mass is 32.1. The maximum atomic E-state index is 12.6. The second kappa shape index (κ2) is 4.97. The predicted molar refractivity (Wildman–Crippen MR) is 75.0 cm³/mol. The van der Waals surface area contributed by atoms with Gasteiger partial charge in [0.1, 0.15) is 0 Å². The molecule has 0 bridgehead atoms. The third kappa shape index (κ3) is 1.93. The molecule has 0 saturated heterocycles. The van der Waals surface area contributed by atoms with Crippen LogP contribution in [0.3, 0.4) is 0 Å². The van der Waals surface area contributed by atoms with E-state index in [-0.39, 0.29) is 5.56 Å². The first-order chi connectivity index (χ1) is 9.63. The number of fused-ring (bicyclic) bond motifs is 3. The molecule has 0 radical (unpaired) electrons. The smallest absolute Gasteiger partial charge is 0.330 e. The molecule has 1 atom stereocenters.